The van der Waals surface area contributed by atoms with Gasteiger partial charge in [-0.3, -0.25) is 4.79 Å². The van der Waals surface area contributed by atoms with Gasteiger partial charge in [0.15, 0.2) is 0 Å². The molecule has 1 aliphatic heterocycles. The molecule has 96 valence electrons. The summed E-state index contributed by atoms with van der Waals surface area (Å²) in [5.74, 6) is 0.256. The second-order valence-electron chi connectivity index (χ2n) is 5.55. The summed E-state index contributed by atoms with van der Waals surface area (Å²) in [6, 6.07) is 6.41. The predicted octanol–water partition coefficient (Wildman–Crippen LogP) is 2.32. The summed E-state index contributed by atoms with van der Waals surface area (Å²) in [5, 5.41) is 0. The number of amides is 1. The van der Waals surface area contributed by atoms with Gasteiger partial charge in [0.25, 0.3) is 0 Å². The van der Waals surface area contributed by atoms with Crippen molar-refractivity contribution >= 4 is 11.6 Å². The number of hydrogen-bond acceptors (Lipinski definition) is 2. The molecule has 1 fully saturated rings. The first-order valence-electron chi connectivity index (χ1n) is 6.87. The Balaban J connectivity index is 1.97. The number of fused-ring (bicyclic) bond motifs is 1. The molecule has 0 unspecified atom stereocenters. The number of rotatable bonds is 3. The van der Waals surface area contributed by atoms with Crippen molar-refractivity contribution in [3.05, 3.63) is 29.3 Å². The monoisotopic (exact) mass is 244 g/mol. The number of hydrogen-bond donors (Lipinski definition) is 1. The Hall–Kier alpha value is -1.35. The van der Waals surface area contributed by atoms with E-state index in [1.807, 2.05) is 4.90 Å². The molecule has 1 aromatic carbocycles. The van der Waals surface area contributed by atoms with Crippen LogP contribution in [0.5, 0.6) is 0 Å². The number of benzene rings is 1. The number of nitrogens with two attached hydrogens (primary N) is 1. The fraction of sp³-hybridized carbons (Fsp3) is 0.533. The molecule has 1 aromatic rings. The molecule has 1 amide bonds. The van der Waals surface area contributed by atoms with Crippen LogP contribution in [0, 0.1) is 0 Å². The number of carbonyl (C=O) groups excluding carboxylic acids is 1. The highest BCUT2D eigenvalue weighted by molar-refractivity contribution is 5.96. The van der Waals surface area contributed by atoms with E-state index in [2.05, 4.69) is 25.1 Å². The maximum absolute atomic E-state index is 11.9. The van der Waals surface area contributed by atoms with E-state index in [0.717, 1.165) is 37.9 Å². The van der Waals surface area contributed by atoms with Gasteiger partial charge in [0.2, 0.25) is 5.91 Å². The Bertz CT molecular complexity index is 491. The van der Waals surface area contributed by atoms with Crippen molar-refractivity contribution in [2.24, 2.45) is 5.73 Å². The van der Waals surface area contributed by atoms with Gasteiger partial charge in [-0.1, -0.05) is 19.1 Å². The molecule has 0 spiro atoms. The van der Waals surface area contributed by atoms with E-state index >= 15 is 0 Å². The van der Waals surface area contributed by atoms with E-state index in [-0.39, 0.29) is 11.4 Å². The van der Waals surface area contributed by atoms with E-state index in [9.17, 15) is 4.79 Å². The van der Waals surface area contributed by atoms with Crippen molar-refractivity contribution in [2.45, 2.75) is 44.6 Å². The molecule has 2 aliphatic rings. The average Bonchev–Trinajstić information content (AvgIpc) is 3.12. The van der Waals surface area contributed by atoms with Crippen LogP contribution in [0.15, 0.2) is 18.2 Å². The van der Waals surface area contributed by atoms with E-state index < -0.39 is 0 Å². The zero-order chi connectivity index (χ0) is 12.8. The van der Waals surface area contributed by atoms with E-state index in [1.165, 1.54) is 11.1 Å². The van der Waals surface area contributed by atoms with Crippen LogP contribution in [0.1, 0.15) is 43.7 Å². The molecule has 1 saturated carbocycles. The third-order valence-electron chi connectivity index (χ3n) is 4.09. The Morgan fingerprint density at radius 1 is 1.33 bits per heavy atom. The predicted molar refractivity (Wildman–Crippen MR) is 72.5 cm³/mol. The first-order chi connectivity index (χ1) is 8.64. The molecule has 2 N–H and O–H groups in total. The number of carbonyl (C=O) groups is 1. The summed E-state index contributed by atoms with van der Waals surface area (Å²) in [6.07, 6.45) is 4.66. The van der Waals surface area contributed by atoms with Gasteiger partial charge in [0.1, 0.15) is 0 Å². The summed E-state index contributed by atoms with van der Waals surface area (Å²) in [6.45, 7) is 2.92. The molecule has 3 rings (SSSR count). The molecule has 3 nitrogen and oxygen atoms in total. The Morgan fingerprint density at radius 3 is 2.78 bits per heavy atom. The van der Waals surface area contributed by atoms with Crippen molar-refractivity contribution in [1.29, 1.82) is 0 Å². The van der Waals surface area contributed by atoms with Crippen molar-refractivity contribution in [3.63, 3.8) is 0 Å². The molecule has 0 atom stereocenters. The molecule has 0 bridgehead atoms. The standard InChI is InChI=1S/C15H20N2O/c1-2-9-17-13-5-4-12(15(16)7-8-15)10-11(13)3-6-14(17)18/h4-5,10H,2-3,6-9,16H2,1H3. The average molecular weight is 244 g/mol. The summed E-state index contributed by atoms with van der Waals surface area (Å²) in [5.41, 5.74) is 9.79. The van der Waals surface area contributed by atoms with Crippen LogP contribution in [0.2, 0.25) is 0 Å². The van der Waals surface area contributed by atoms with E-state index in [4.69, 9.17) is 5.73 Å². The van der Waals surface area contributed by atoms with E-state index in [1.54, 1.807) is 0 Å². The molecule has 3 heteroatoms. The maximum atomic E-state index is 11.9. The third-order valence-corrected chi connectivity index (χ3v) is 4.09. The van der Waals surface area contributed by atoms with Crippen LogP contribution >= 0.6 is 0 Å². The minimum absolute atomic E-state index is 0.0773. The maximum Gasteiger partial charge on any atom is 0.227 e. The smallest absolute Gasteiger partial charge is 0.227 e. The van der Waals surface area contributed by atoms with Gasteiger partial charge in [0, 0.05) is 24.2 Å². The van der Waals surface area contributed by atoms with Crippen LogP contribution in [0.4, 0.5) is 5.69 Å². The SMILES string of the molecule is CCCN1C(=O)CCc2cc(C3(N)CC3)ccc21. The summed E-state index contributed by atoms with van der Waals surface area (Å²) in [7, 11) is 0. The van der Waals surface area contributed by atoms with Crippen LogP contribution in [-0.4, -0.2) is 12.5 Å². The second-order valence-corrected chi connectivity index (χ2v) is 5.55. The highest BCUT2D eigenvalue weighted by atomic mass is 16.2. The largest absolute Gasteiger partial charge is 0.321 e. The lowest BCUT2D eigenvalue weighted by Crippen LogP contribution is -2.36. The van der Waals surface area contributed by atoms with Gasteiger partial charge in [-0.25, -0.2) is 0 Å². The third kappa shape index (κ3) is 1.83. The Labute approximate surface area is 108 Å². The van der Waals surface area contributed by atoms with Crippen molar-refractivity contribution < 1.29 is 4.79 Å². The van der Waals surface area contributed by atoms with Crippen molar-refractivity contribution in [2.75, 3.05) is 11.4 Å². The summed E-state index contributed by atoms with van der Waals surface area (Å²) < 4.78 is 0. The Morgan fingerprint density at radius 2 is 2.11 bits per heavy atom. The second kappa shape index (κ2) is 4.09. The zero-order valence-electron chi connectivity index (χ0n) is 10.9. The lowest BCUT2D eigenvalue weighted by Gasteiger charge is -2.30. The highest BCUT2D eigenvalue weighted by Crippen LogP contribution is 2.44. The van der Waals surface area contributed by atoms with Gasteiger partial charge in [-0.05, 0) is 42.9 Å². The first kappa shape index (κ1) is 11.7. The first-order valence-corrected chi connectivity index (χ1v) is 6.87. The van der Waals surface area contributed by atoms with Gasteiger partial charge in [-0.15, -0.1) is 0 Å². The molecule has 0 saturated heterocycles. The molecule has 0 radical (unpaired) electrons. The molecule has 18 heavy (non-hydrogen) atoms. The van der Waals surface area contributed by atoms with Crippen LogP contribution in [-0.2, 0) is 16.8 Å². The fourth-order valence-electron chi connectivity index (χ4n) is 2.76. The van der Waals surface area contributed by atoms with Crippen molar-refractivity contribution in [3.8, 4) is 0 Å². The molecule has 0 aromatic heterocycles. The molecular weight excluding hydrogens is 224 g/mol. The van der Waals surface area contributed by atoms with Gasteiger partial charge in [0.05, 0.1) is 0 Å². The minimum Gasteiger partial charge on any atom is -0.321 e. The quantitative estimate of drug-likeness (QED) is 0.887. The van der Waals surface area contributed by atoms with Gasteiger partial charge < -0.3 is 10.6 Å². The van der Waals surface area contributed by atoms with Crippen LogP contribution in [0.25, 0.3) is 0 Å². The molecule has 1 heterocycles. The lowest BCUT2D eigenvalue weighted by molar-refractivity contribution is -0.118. The number of aryl methyl sites for hydroxylation is 1. The number of anilines is 1. The molecule has 1 aliphatic carbocycles. The van der Waals surface area contributed by atoms with Crippen LogP contribution < -0.4 is 10.6 Å². The van der Waals surface area contributed by atoms with Gasteiger partial charge in [-0.2, -0.15) is 0 Å². The number of nitrogens with zero attached hydrogens (tertiary/aromatic N) is 1. The molecular formula is C15H20N2O. The normalized spacial score (nSPS) is 20.8. The topological polar surface area (TPSA) is 46.3 Å². The van der Waals surface area contributed by atoms with Crippen molar-refractivity contribution in [1.82, 2.24) is 0 Å². The lowest BCUT2D eigenvalue weighted by atomic mass is 9.95. The summed E-state index contributed by atoms with van der Waals surface area (Å²) in [4.78, 5) is 13.9. The minimum atomic E-state index is -0.0773. The fourth-order valence-corrected chi connectivity index (χ4v) is 2.76. The summed E-state index contributed by atoms with van der Waals surface area (Å²) >= 11 is 0. The highest BCUT2D eigenvalue weighted by Gasteiger charge is 2.40. The zero-order valence-corrected chi connectivity index (χ0v) is 10.9. The van der Waals surface area contributed by atoms with Crippen LogP contribution in [0.3, 0.4) is 0 Å². The van der Waals surface area contributed by atoms with E-state index in [0.29, 0.717) is 6.42 Å². The Kier molecular flexibility index (Phi) is 2.67. The van der Waals surface area contributed by atoms with Gasteiger partial charge >= 0.3 is 0 Å².